The van der Waals surface area contributed by atoms with Crippen molar-refractivity contribution < 1.29 is 33.6 Å². The SMILES string of the molecule is CSCC[C@H](NC(=O)[C@H](CC(C)C)NC(=O)CNC(=O)[C@H](CCCN=C(N)N)NN[C@H](C=O)C(C)C)C(=O)N[C@@H](CS)C(=O)C(C)N1CCC[C@H]1C=O. The normalized spacial score (nSPS) is 17.9. The molecule has 0 aromatic carbocycles. The summed E-state index contributed by atoms with van der Waals surface area (Å²) in [6.07, 6.45) is 6.08. The number of likely N-dealkylation sites (tertiary alicyclic amines) is 1. The second-order valence-corrected chi connectivity index (χ2v) is 15.3. The van der Waals surface area contributed by atoms with Gasteiger partial charge in [0.05, 0.1) is 30.7 Å². The number of hydrogen-bond acceptors (Lipinski definition) is 13. The second-order valence-electron chi connectivity index (χ2n) is 13.9. The number of thiol groups is 1. The third kappa shape index (κ3) is 17.6. The van der Waals surface area contributed by atoms with E-state index in [1.165, 1.54) is 11.8 Å². The fourth-order valence-corrected chi connectivity index (χ4v) is 6.46. The molecule has 17 nitrogen and oxygen atoms in total. The molecule has 0 aromatic rings. The number of hydrogen-bond donors (Lipinski definition) is 9. The molecule has 7 atom stereocenters. The van der Waals surface area contributed by atoms with Gasteiger partial charge >= 0.3 is 0 Å². The van der Waals surface area contributed by atoms with E-state index in [0.717, 1.165) is 19.0 Å². The third-order valence-electron chi connectivity index (χ3n) is 8.83. The number of nitrogens with two attached hydrogens (primary N) is 2. The number of carbonyl (C=O) groups is 7. The Morgan fingerprint density at radius 2 is 1.57 bits per heavy atom. The standard InChI is InChI=1S/C34H62N10O7S2/c1-20(2)15-26(39-29(47)16-38-31(49)25(10-7-12-37-34(35)36)42-43-27(18-46)21(3)4)33(51)40-24(11-14-53-6)32(50)41-28(19-52)30(48)22(5)44-13-8-9-23(44)17-45/h17-18,20-28,42-43,52H,7-16,19H2,1-6H3,(H,38,49)(H,39,47)(H,40,51)(H,41,50)(H4,35,36,37)/t22?,23-,24-,25-,26-,27+,28-/m0/s1. The van der Waals surface area contributed by atoms with Crippen LogP contribution in [0.25, 0.3) is 0 Å². The highest BCUT2D eigenvalue weighted by molar-refractivity contribution is 7.98. The van der Waals surface area contributed by atoms with E-state index in [1.54, 1.807) is 6.92 Å². The van der Waals surface area contributed by atoms with Crippen molar-refractivity contribution in [3.05, 3.63) is 0 Å². The first-order valence-electron chi connectivity index (χ1n) is 18.1. The Bertz CT molecular complexity index is 1240. The number of guanidine groups is 1. The minimum Gasteiger partial charge on any atom is -0.370 e. The second kappa shape index (κ2) is 25.7. The number of nitrogens with one attached hydrogen (secondary N) is 6. The van der Waals surface area contributed by atoms with Gasteiger partial charge in [-0.25, -0.2) is 10.9 Å². The van der Waals surface area contributed by atoms with Gasteiger partial charge in [0.25, 0.3) is 0 Å². The number of hydrazine groups is 1. The molecule has 1 unspecified atom stereocenters. The number of thioether (sulfide) groups is 1. The molecule has 1 aliphatic heterocycles. The molecule has 4 amide bonds. The van der Waals surface area contributed by atoms with Crippen LogP contribution in [0.4, 0.5) is 0 Å². The number of amides is 4. The summed E-state index contributed by atoms with van der Waals surface area (Å²) in [5.74, 6) is -2.22. The van der Waals surface area contributed by atoms with Gasteiger partial charge in [-0.3, -0.25) is 33.9 Å². The predicted molar refractivity (Wildman–Crippen MR) is 210 cm³/mol. The maximum absolute atomic E-state index is 13.6. The van der Waals surface area contributed by atoms with Crippen molar-refractivity contribution >= 4 is 72.3 Å². The smallest absolute Gasteiger partial charge is 0.243 e. The van der Waals surface area contributed by atoms with E-state index in [-0.39, 0.29) is 61.2 Å². The molecular weight excluding hydrogens is 725 g/mol. The van der Waals surface area contributed by atoms with Gasteiger partial charge in [-0.2, -0.15) is 24.4 Å². The summed E-state index contributed by atoms with van der Waals surface area (Å²) in [6, 6.07) is -5.38. The van der Waals surface area contributed by atoms with Gasteiger partial charge in [-0.05, 0) is 75.8 Å². The number of nitrogens with zero attached hydrogens (tertiary/aromatic N) is 2. The van der Waals surface area contributed by atoms with E-state index >= 15 is 0 Å². The van der Waals surface area contributed by atoms with Crippen molar-refractivity contribution in [2.45, 2.75) is 115 Å². The Balaban J connectivity index is 2.99. The molecule has 1 fully saturated rings. The van der Waals surface area contributed by atoms with Gasteiger partial charge in [-0.15, -0.1) is 0 Å². The molecule has 1 aliphatic rings. The van der Waals surface area contributed by atoms with E-state index < -0.39 is 66.4 Å². The lowest BCUT2D eigenvalue weighted by Gasteiger charge is -2.30. The minimum atomic E-state index is -1.03. The fraction of sp³-hybridized carbons (Fsp3) is 0.765. The zero-order valence-corrected chi connectivity index (χ0v) is 33.6. The maximum atomic E-state index is 13.6. The molecular formula is C34H62N10O7S2. The lowest BCUT2D eigenvalue weighted by molar-refractivity contribution is -0.134. The topological polar surface area (TPSA) is 259 Å². The van der Waals surface area contributed by atoms with E-state index in [1.807, 2.05) is 38.9 Å². The Hall–Kier alpha value is -3.26. The summed E-state index contributed by atoms with van der Waals surface area (Å²) in [4.78, 5) is 95.5. The van der Waals surface area contributed by atoms with Crippen LogP contribution in [0.2, 0.25) is 0 Å². The van der Waals surface area contributed by atoms with Gasteiger partial charge in [0, 0.05) is 12.3 Å². The van der Waals surface area contributed by atoms with Crippen LogP contribution in [0.3, 0.4) is 0 Å². The van der Waals surface area contributed by atoms with Crippen LogP contribution in [0.5, 0.6) is 0 Å². The van der Waals surface area contributed by atoms with Crippen LogP contribution < -0.4 is 43.6 Å². The summed E-state index contributed by atoms with van der Waals surface area (Å²) >= 11 is 5.79. The van der Waals surface area contributed by atoms with Crippen LogP contribution in [-0.2, 0) is 33.6 Å². The van der Waals surface area contributed by atoms with E-state index in [4.69, 9.17) is 11.5 Å². The van der Waals surface area contributed by atoms with Crippen LogP contribution in [-0.4, -0.2) is 133 Å². The number of rotatable bonds is 27. The number of ketones is 1. The van der Waals surface area contributed by atoms with Gasteiger partial charge in [0.15, 0.2) is 11.7 Å². The van der Waals surface area contributed by atoms with Gasteiger partial charge in [0.2, 0.25) is 23.6 Å². The average molecular weight is 787 g/mol. The van der Waals surface area contributed by atoms with Crippen molar-refractivity contribution in [1.82, 2.24) is 37.0 Å². The number of aliphatic imine (C=N–C) groups is 1. The minimum absolute atomic E-state index is 0.0214. The zero-order chi connectivity index (χ0) is 40.1. The van der Waals surface area contributed by atoms with Crippen molar-refractivity contribution in [3.63, 3.8) is 0 Å². The molecule has 10 N–H and O–H groups in total. The quantitative estimate of drug-likeness (QED) is 0.0117. The van der Waals surface area contributed by atoms with Crippen molar-refractivity contribution in [3.8, 4) is 0 Å². The molecule has 0 aromatic heterocycles. The summed E-state index contributed by atoms with van der Waals surface area (Å²) in [5, 5.41) is 10.8. The molecule has 0 aliphatic carbocycles. The molecule has 0 bridgehead atoms. The predicted octanol–water partition coefficient (Wildman–Crippen LogP) is -1.35. The Morgan fingerprint density at radius 1 is 0.906 bits per heavy atom. The molecule has 1 saturated heterocycles. The molecule has 0 radical (unpaired) electrons. The summed E-state index contributed by atoms with van der Waals surface area (Å²) in [6.45, 7) is 9.56. The zero-order valence-electron chi connectivity index (χ0n) is 31.9. The van der Waals surface area contributed by atoms with Crippen LogP contribution >= 0.6 is 24.4 Å². The first-order chi connectivity index (χ1) is 25.1. The Labute approximate surface area is 323 Å². The van der Waals surface area contributed by atoms with Gasteiger partial charge in [-0.1, -0.05) is 27.7 Å². The highest BCUT2D eigenvalue weighted by Crippen LogP contribution is 2.20. The molecule has 53 heavy (non-hydrogen) atoms. The Kier molecular flexibility index (Phi) is 23.2. The highest BCUT2D eigenvalue weighted by atomic mass is 32.2. The summed E-state index contributed by atoms with van der Waals surface area (Å²) in [5.41, 5.74) is 16.5. The van der Waals surface area contributed by atoms with Crippen molar-refractivity contribution in [2.24, 2.45) is 28.3 Å². The molecule has 19 heteroatoms. The van der Waals surface area contributed by atoms with Crippen molar-refractivity contribution in [1.29, 1.82) is 0 Å². The lowest BCUT2D eigenvalue weighted by atomic mass is 10.0. The van der Waals surface area contributed by atoms with Crippen LogP contribution in [0.1, 0.15) is 73.1 Å². The number of carbonyl (C=O) groups excluding carboxylic acids is 7. The molecule has 0 saturated carbocycles. The maximum Gasteiger partial charge on any atom is 0.243 e. The molecule has 302 valence electrons. The van der Waals surface area contributed by atoms with E-state index in [9.17, 15) is 33.6 Å². The monoisotopic (exact) mass is 786 g/mol. The molecule has 0 spiro atoms. The lowest BCUT2D eigenvalue weighted by Crippen LogP contribution is -2.59. The molecule has 1 heterocycles. The third-order valence-corrected chi connectivity index (χ3v) is 9.84. The summed E-state index contributed by atoms with van der Waals surface area (Å²) in [7, 11) is 0. The Morgan fingerprint density at radius 3 is 2.13 bits per heavy atom. The van der Waals surface area contributed by atoms with E-state index in [2.05, 4.69) is 49.7 Å². The van der Waals surface area contributed by atoms with Gasteiger partial charge < -0.3 is 42.3 Å². The van der Waals surface area contributed by atoms with Crippen LogP contribution in [0.15, 0.2) is 4.99 Å². The van der Waals surface area contributed by atoms with Crippen molar-refractivity contribution in [2.75, 3.05) is 37.4 Å². The van der Waals surface area contributed by atoms with Crippen LogP contribution in [0, 0.1) is 11.8 Å². The first kappa shape index (κ1) is 47.8. The largest absolute Gasteiger partial charge is 0.370 e. The average Bonchev–Trinajstić information content (AvgIpc) is 3.60. The van der Waals surface area contributed by atoms with E-state index in [0.29, 0.717) is 25.1 Å². The molecule has 1 rings (SSSR count). The highest BCUT2D eigenvalue weighted by Gasteiger charge is 2.36. The summed E-state index contributed by atoms with van der Waals surface area (Å²) < 4.78 is 0. The first-order valence-corrected chi connectivity index (χ1v) is 20.2. The van der Waals surface area contributed by atoms with Gasteiger partial charge in [0.1, 0.15) is 30.7 Å². The number of Topliss-reactive ketones (excluding diaryl/α,β-unsaturated/α-hetero) is 1. The fourth-order valence-electron chi connectivity index (χ4n) is 5.72. The number of aldehydes is 2.